The minimum Gasteiger partial charge on any atom is -0.372 e. The third-order valence-corrected chi connectivity index (χ3v) is 16.4. The van der Waals surface area contributed by atoms with E-state index >= 15 is 0 Å². The highest BCUT2D eigenvalue weighted by atomic mass is 32.2. The van der Waals surface area contributed by atoms with Crippen LogP contribution in [0.3, 0.4) is 0 Å². The molecule has 1 aliphatic heterocycles. The van der Waals surface area contributed by atoms with Gasteiger partial charge < -0.3 is 20.1 Å². The maximum absolute atomic E-state index is 14.2. The predicted molar refractivity (Wildman–Crippen MR) is 233 cm³/mol. The number of ether oxygens (including phenoxy) is 1. The van der Waals surface area contributed by atoms with Crippen LogP contribution in [0.4, 0.5) is 26.9 Å². The molecule has 4 aromatic heterocycles. The number of urea groups is 1. The molecule has 18 nitrogen and oxygen atoms in total. The summed E-state index contributed by atoms with van der Waals surface area (Å²) in [7, 11) is -3.46. The van der Waals surface area contributed by atoms with Crippen molar-refractivity contribution in [2.24, 2.45) is 14.1 Å². The SMILES string of the molecule is Cc1csc(NC(=O)NS(=O)(=O)N(c2cn(C)nc2COC2CC(N(c3cnn(C)c3)S(=O)(=O)NC(O)Nc3cc(C(C)C)sc3C(C)C)C2)C2CCCN(C)C2)c1C. The van der Waals surface area contributed by atoms with Gasteiger partial charge >= 0.3 is 26.4 Å². The Labute approximate surface area is 355 Å². The minimum absolute atomic E-state index is 0.0697. The van der Waals surface area contributed by atoms with Crippen molar-refractivity contribution in [2.75, 3.05) is 39.4 Å². The van der Waals surface area contributed by atoms with Gasteiger partial charge in [-0.1, -0.05) is 27.7 Å². The molecule has 5 N–H and O–H groups in total. The average molecular weight is 896 g/mol. The standard InChI is InChI=1S/C37H57N11O7S4/c1-22(2)33-15-30(34(57-33)23(3)4)39-36(49)42-58(51,52)47(28-16-38-45(8)18-28)27-13-29(14-27)55-20-31-32(19-46(9)41-31)48(26-11-10-12-44(7)17-26)59(53,54)43-37(50)40-35-25(6)24(5)21-56-35/h15-16,18-19,21-23,26-27,29,36,39,42,49H,10-14,17,20H2,1-9H3,(H2,40,43,50). The molecule has 5 heterocycles. The molecular formula is C37H57N11O7S4. The minimum atomic E-state index is -4.44. The second-order valence-electron chi connectivity index (χ2n) is 16.1. The Morgan fingerprint density at radius 3 is 2.36 bits per heavy atom. The quantitative estimate of drug-likeness (QED) is 0.0903. The monoisotopic (exact) mass is 895 g/mol. The zero-order valence-electron chi connectivity index (χ0n) is 35.0. The first-order chi connectivity index (χ1) is 27.7. The van der Waals surface area contributed by atoms with E-state index in [1.807, 2.05) is 46.2 Å². The third-order valence-electron chi connectivity index (χ3n) is 10.5. The first-order valence-electron chi connectivity index (χ1n) is 19.6. The number of aliphatic hydroxyl groups is 1. The molecular weight excluding hydrogens is 839 g/mol. The van der Waals surface area contributed by atoms with Crippen LogP contribution in [0.2, 0.25) is 0 Å². The highest BCUT2D eigenvalue weighted by Crippen LogP contribution is 2.38. The van der Waals surface area contributed by atoms with Gasteiger partial charge in [-0.25, -0.2) is 13.8 Å². The van der Waals surface area contributed by atoms with E-state index in [0.29, 0.717) is 47.9 Å². The number of aliphatic hydroxyl groups excluding tert-OH is 1. The van der Waals surface area contributed by atoms with Crippen LogP contribution in [0.1, 0.15) is 91.8 Å². The van der Waals surface area contributed by atoms with Crippen molar-refractivity contribution >= 4 is 71.2 Å². The number of rotatable bonds is 17. The molecule has 1 saturated carbocycles. The Morgan fingerprint density at radius 2 is 1.75 bits per heavy atom. The number of nitrogens with one attached hydrogen (secondary N) is 4. The molecule has 4 aromatic rings. The number of amides is 2. The summed E-state index contributed by atoms with van der Waals surface area (Å²) in [5.41, 5.74) is 3.47. The summed E-state index contributed by atoms with van der Waals surface area (Å²) in [5.74, 6) is 0.433. The van der Waals surface area contributed by atoms with E-state index in [0.717, 1.165) is 33.8 Å². The van der Waals surface area contributed by atoms with E-state index in [9.17, 15) is 26.7 Å². The number of nitrogens with zero attached hydrogens (tertiary/aromatic N) is 7. The molecule has 0 spiro atoms. The normalized spacial score (nSPS) is 19.5. The predicted octanol–water partition coefficient (Wildman–Crippen LogP) is 4.88. The van der Waals surface area contributed by atoms with Crippen molar-refractivity contribution in [1.29, 1.82) is 0 Å². The van der Waals surface area contributed by atoms with E-state index in [1.165, 1.54) is 35.5 Å². The van der Waals surface area contributed by atoms with Gasteiger partial charge in [0.1, 0.15) is 5.69 Å². The fourth-order valence-corrected chi connectivity index (χ4v) is 12.2. The Balaban J connectivity index is 1.16. The van der Waals surface area contributed by atoms with Gasteiger partial charge in [-0.15, -0.1) is 22.7 Å². The summed E-state index contributed by atoms with van der Waals surface area (Å²) < 4.78 is 72.7. The summed E-state index contributed by atoms with van der Waals surface area (Å²) in [6, 6.07) is 0.0467. The van der Waals surface area contributed by atoms with Crippen molar-refractivity contribution in [2.45, 2.75) is 110 Å². The molecule has 326 valence electrons. The number of aryl methyl sites for hydroxylation is 3. The molecule has 22 heteroatoms. The molecule has 0 aromatic carbocycles. The van der Waals surface area contributed by atoms with Gasteiger partial charge in [-0.2, -0.15) is 31.8 Å². The lowest BCUT2D eigenvalue weighted by Crippen LogP contribution is -2.56. The summed E-state index contributed by atoms with van der Waals surface area (Å²) in [4.78, 5) is 17.3. The Bertz CT molecular complexity index is 2310. The molecule has 2 aliphatic rings. The van der Waals surface area contributed by atoms with Gasteiger partial charge in [0.15, 0.2) is 6.35 Å². The average Bonchev–Trinajstić information content (AvgIpc) is 3.89. The number of anilines is 4. The lowest BCUT2D eigenvalue weighted by molar-refractivity contribution is -0.0191. The van der Waals surface area contributed by atoms with Crippen molar-refractivity contribution < 1.29 is 31.5 Å². The van der Waals surface area contributed by atoms with Crippen molar-refractivity contribution in [3.63, 3.8) is 0 Å². The summed E-state index contributed by atoms with van der Waals surface area (Å²) in [5, 5.41) is 27.9. The van der Waals surface area contributed by atoms with Gasteiger partial charge in [0, 0.05) is 42.8 Å². The Hall–Kier alpha value is -3.77. The van der Waals surface area contributed by atoms with Crippen LogP contribution in [0, 0.1) is 13.8 Å². The van der Waals surface area contributed by atoms with Gasteiger partial charge in [-0.3, -0.25) is 19.0 Å². The zero-order chi connectivity index (χ0) is 43.0. The highest BCUT2D eigenvalue weighted by Gasteiger charge is 2.42. The summed E-state index contributed by atoms with van der Waals surface area (Å²) >= 11 is 2.95. The molecule has 2 fully saturated rings. The van der Waals surface area contributed by atoms with Crippen molar-refractivity contribution in [1.82, 2.24) is 33.9 Å². The van der Waals surface area contributed by atoms with Crippen molar-refractivity contribution in [3.05, 3.63) is 56.6 Å². The van der Waals surface area contributed by atoms with Crippen molar-refractivity contribution in [3.8, 4) is 0 Å². The summed E-state index contributed by atoms with van der Waals surface area (Å²) in [6.07, 6.45) is 4.57. The van der Waals surface area contributed by atoms with E-state index in [-0.39, 0.29) is 24.1 Å². The molecule has 2 unspecified atom stereocenters. The van der Waals surface area contributed by atoms with Crippen LogP contribution >= 0.6 is 22.7 Å². The largest absolute Gasteiger partial charge is 0.372 e. The molecule has 0 bridgehead atoms. The van der Waals surface area contributed by atoms with Crippen LogP contribution in [0.15, 0.2) is 30.0 Å². The first kappa shape index (κ1) is 44.8. The third kappa shape index (κ3) is 10.4. The lowest BCUT2D eigenvalue weighted by Gasteiger charge is -2.42. The van der Waals surface area contributed by atoms with Crippen LogP contribution in [0.5, 0.6) is 0 Å². The van der Waals surface area contributed by atoms with Gasteiger partial charge in [0.25, 0.3) is 0 Å². The second kappa shape index (κ2) is 18.1. The van der Waals surface area contributed by atoms with Crippen LogP contribution in [0.25, 0.3) is 0 Å². The molecule has 2 atom stereocenters. The maximum atomic E-state index is 14.2. The fraction of sp³-hybridized carbons (Fsp3) is 0.595. The molecule has 2 amide bonds. The number of hydrogen-bond acceptors (Lipinski definition) is 13. The Morgan fingerprint density at radius 1 is 1.02 bits per heavy atom. The number of thiophene rings is 2. The molecule has 0 radical (unpaired) electrons. The number of likely N-dealkylation sites (tertiary alicyclic amines) is 1. The molecule has 6 rings (SSSR count). The van der Waals surface area contributed by atoms with E-state index in [2.05, 4.69) is 49.0 Å². The topological polar surface area (TPSA) is 208 Å². The van der Waals surface area contributed by atoms with Gasteiger partial charge in [-0.05, 0) is 87.5 Å². The lowest BCUT2D eigenvalue weighted by atomic mass is 9.89. The molecule has 59 heavy (non-hydrogen) atoms. The molecule has 1 saturated heterocycles. The van der Waals surface area contributed by atoms with E-state index in [4.69, 9.17) is 4.74 Å². The van der Waals surface area contributed by atoms with E-state index < -0.39 is 51.0 Å². The Kier molecular flexibility index (Phi) is 13.7. The fourth-order valence-electron chi connectivity index (χ4n) is 7.34. The summed E-state index contributed by atoms with van der Waals surface area (Å²) in [6.45, 7) is 13.2. The van der Waals surface area contributed by atoms with E-state index in [1.54, 1.807) is 37.8 Å². The zero-order valence-corrected chi connectivity index (χ0v) is 38.2. The number of carbonyl (C=O) groups excluding carboxylic acids is 1. The van der Waals surface area contributed by atoms with Crippen LogP contribution in [-0.4, -0.2) is 97.1 Å². The van der Waals surface area contributed by atoms with Gasteiger partial charge in [0.05, 0.1) is 53.1 Å². The number of likely N-dealkylation sites (N-methyl/N-ethyl adjacent to an activating group) is 1. The maximum Gasteiger partial charge on any atom is 0.334 e. The number of hydrogen-bond donors (Lipinski definition) is 5. The highest BCUT2D eigenvalue weighted by molar-refractivity contribution is 7.91. The van der Waals surface area contributed by atoms with Crippen LogP contribution in [-0.2, 0) is 45.9 Å². The number of piperidine rings is 1. The van der Waals surface area contributed by atoms with Gasteiger partial charge in [0.2, 0.25) is 0 Å². The first-order valence-corrected chi connectivity index (χ1v) is 24.2. The second-order valence-corrected chi connectivity index (χ2v) is 21.2. The number of aromatic nitrogens is 4. The molecule has 1 aliphatic carbocycles. The smallest absolute Gasteiger partial charge is 0.334 e. The van der Waals surface area contributed by atoms with Crippen LogP contribution < -0.4 is 28.7 Å². The number of carbonyl (C=O) groups is 1.